The molecule has 0 aliphatic carbocycles. The fraction of sp³-hybridized carbons (Fsp3) is 0.647. The van der Waals surface area contributed by atoms with Crippen molar-refractivity contribution in [3.8, 4) is 5.75 Å². The Kier molecular flexibility index (Phi) is 7.63. The predicted molar refractivity (Wildman–Crippen MR) is 86.2 cm³/mol. The molecule has 0 unspecified atom stereocenters. The molecule has 0 radical (unpaired) electrons. The summed E-state index contributed by atoms with van der Waals surface area (Å²) in [5.41, 5.74) is 1.28. The van der Waals surface area contributed by atoms with E-state index in [1.54, 1.807) is 0 Å². The van der Waals surface area contributed by atoms with Crippen molar-refractivity contribution in [3.63, 3.8) is 0 Å². The second-order valence-corrected chi connectivity index (χ2v) is 6.09. The first-order valence-electron chi connectivity index (χ1n) is 7.61. The summed E-state index contributed by atoms with van der Waals surface area (Å²) in [5.74, 6) is 1.65. The van der Waals surface area contributed by atoms with Gasteiger partial charge in [-0.25, -0.2) is 0 Å². The van der Waals surface area contributed by atoms with Crippen LogP contribution in [0, 0.1) is 5.92 Å². The van der Waals surface area contributed by atoms with Crippen LogP contribution in [0.15, 0.2) is 24.3 Å². The van der Waals surface area contributed by atoms with Gasteiger partial charge in [0.25, 0.3) is 0 Å². The molecular formula is C17H30N2O. The van der Waals surface area contributed by atoms with E-state index in [1.165, 1.54) is 5.56 Å². The van der Waals surface area contributed by atoms with Gasteiger partial charge >= 0.3 is 0 Å². The van der Waals surface area contributed by atoms with Crippen molar-refractivity contribution in [2.24, 2.45) is 5.92 Å². The van der Waals surface area contributed by atoms with E-state index < -0.39 is 0 Å². The van der Waals surface area contributed by atoms with E-state index in [1.807, 2.05) is 6.07 Å². The van der Waals surface area contributed by atoms with Gasteiger partial charge in [0.15, 0.2) is 0 Å². The summed E-state index contributed by atoms with van der Waals surface area (Å²) in [7, 11) is 2.13. The lowest BCUT2D eigenvalue weighted by molar-refractivity contribution is 0.208. The zero-order valence-electron chi connectivity index (χ0n) is 13.6. The van der Waals surface area contributed by atoms with E-state index in [2.05, 4.69) is 63.2 Å². The molecule has 0 aliphatic rings. The zero-order chi connectivity index (χ0) is 15.0. The SMILES string of the molecule is CC(C)CNCc1cccc(OCCN(C)C(C)C)c1. The third-order valence-corrected chi connectivity index (χ3v) is 3.37. The first kappa shape index (κ1) is 17.0. The third-order valence-electron chi connectivity index (χ3n) is 3.37. The van der Waals surface area contributed by atoms with Gasteiger partial charge in [-0.3, -0.25) is 0 Å². The summed E-state index contributed by atoms with van der Waals surface area (Å²) in [4.78, 5) is 2.29. The van der Waals surface area contributed by atoms with Crippen molar-refractivity contribution in [2.45, 2.75) is 40.3 Å². The highest BCUT2D eigenvalue weighted by Gasteiger charge is 2.03. The highest BCUT2D eigenvalue weighted by atomic mass is 16.5. The van der Waals surface area contributed by atoms with Gasteiger partial charge in [0.1, 0.15) is 12.4 Å². The second kappa shape index (κ2) is 8.98. The number of nitrogens with one attached hydrogen (secondary N) is 1. The minimum Gasteiger partial charge on any atom is -0.492 e. The van der Waals surface area contributed by atoms with Gasteiger partial charge in [-0.2, -0.15) is 0 Å². The maximum absolute atomic E-state index is 5.83. The Morgan fingerprint density at radius 1 is 1.20 bits per heavy atom. The van der Waals surface area contributed by atoms with Gasteiger partial charge in [0.2, 0.25) is 0 Å². The molecule has 3 heteroatoms. The van der Waals surface area contributed by atoms with Gasteiger partial charge in [-0.15, -0.1) is 0 Å². The average Bonchev–Trinajstić information content (AvgIpc) is 2.38. The molecule has 0 spiro atoms. The molecule has 0 saturated carbocycles. The van der Waals surface area contributed by atoms with Crippen molar-refractivity contribution in [2.75, 3.05) is 26.7 Å². The average molecular weight is 278 g/mol. The minimum atomic E-state index is 0.560. The number of hydrogen-bond donors (Lipinski definition) is 1. The third kappa shape index (κ3) is 6.92. The van der Waals surface area contributed by atoms with Gasteiger partial charge in [0.05, 0.1) is 0 Å². The lowest BCUT2D eigenvalue weighted by Gasteiger charge is -2.20. The van der Waals surface area contributed by atoms with Gasteiger partial charge in [-0.1, -0.05) is 26.0 Å². The summed E-state index contributed by atoms with van der Waals surface area (Å²) in [6.07, 6.45) is 0. The van der Waals surface area contributed by atoms with E-state index in [9.17, 15) is 0 Å². The molecule has 0 bridgehead atoms. The molecule has 0 fully saturated rings. The van der Waals surface area contributed by atoms with Crippen molar-refractivity contribution in [1.29, 1.82) is 0 Å². The first-order valence-corrected chi connectivity index (χ1v) is 7.61. The van der Waals surface area contributed by atoms with Crippen LogP contribution in [-0.4, -0.2) is 37.7 Å². The molecule has 114 valence electrons. The standard InChI is InChI=1S/C17H30N2O/c1-14(2)12-18-13-16-7-6-8-17(11-16)20-10-9-19(5)15(3)4/h6-8,11,14-15,18H,9-10,12-13H2,1-5H3. The largest absolute Gasteiger partial charge is 0.492 e. The smallest absolute Gasteiger partial charge is 0.119 e. The molecule has 0 saturated heterocycles. The molecule has 1 N–H and O–H groups in total. The Labute approximate surface area is 124 Å². The van der Waals surface area contributed by atoms with Crippen LogP contribution in [-0.2, 0) is 6.54 Å². The van der Waals surface area contributed by atoms with Crippen molar-refractivity contribution >= 4 is 0 Å². The van der Waals surface area contributed by atoms with Crippen LogP contribution >= 0.6 is 0 Å². The molecule has 1 aromatic carbocycles. The van der Waals surface area contributed by atoms with Crippen molar-refractivity contribution in [1.82, 2.24) is 10.2 Å². The Hall–Kier alpha value is -1.06. The van der Waals surface area contributed by atoms with Crippen LogP contribution < -0.4 is 10.1 Å². The molecule has 1 rings (SSSR count). The Morgan fingerprint density at radius 2 is 1.95 bits per heavy atom. The molecule has 20 heavy (non-hydrogen) atoms. The van der Waals surface area contributed by atoms with E-state index in [4.69, 9.17) is 4.74 Å². The van der Waals surface area contributed by atoms with Crippen molar-refractivity contribution < 1.29 is 4.74 Å². The van der Waals surface area contributed by atoms with Crippen LogP contribution in [0.1, 0.15) is 33.3 Å². The number of hydrogen-bond acceptors (Lipinski definition) is 3. The molecule has 0 aromatic heterocycles. The summed E-state index contributed by atoms with van der Waals surface area (Å²) >= 11 is 0. The Balaban J connectivity index is 2.35. The van der Waals surface area contributed by atoms with Gasteiger partial charge in [-0.05, 0) is 51.1 Å². The van der Waals surface area contributed by atoms with E-state index >= 15 is 0 Å². The number of nitrogens with zero attached hydrogens (tertiary/aromatic N) is 1. The van der Waals surface area contributed by atoms with Crippen LogP contribution in [0.4, 0.5) is 0 Å². The summed E-state index contributed by atoms with van der Waals surface area (Å²) < 4.78 is 5.83. The highest BCUT2D eigenvalue weighted by Crippen LogP contribution is 2.13. The second-order valence-electron chi connectivity index (χ2n) is 6.09. The lowest BCUT2D eigenvalue weighted by atomic mass is 10.2. The van der Waals surface area contributed by atoms with Crippen LogP contribution in [0.2, 0.25) is 0 Å². The molecular weight excluding hydrogens is 248 g/mol. The number of benzene rings is 1. The monoisotopic (exact) mass is 278 g/mol. The number of likely N-dealkylation sites (N-methyl/N-ethyl adjacent to an activating group) is 1. The topological polar surface area (TPSA) is 24.5 Å². The minimum absolute atomic E-state index is 0.560. The fourth-order valence-electron chi connectivity index (χ4n) is 1.82. The Bertz CT molecular complexity index is 377. The van der Waals surface area contributed by atoms with E-state index in [0.717, 1.165) is 32.0 Å². The summed E-state index contributed by atoms with van der Waals surface area (Å²) in [6.45, 7) is 12.5. The first-order chi connectivity index (χ1) is 9.49. The molecule has 0 aliphatic heterocycles. The fourth-order valence-corrected chi connectivity index (χ4v) is 1.82. The molecule has 1 aromatic rings. The predicted octanol–water partition coefficient (Wildman–Crippen LogP) is 3.15. The number of rotatable bonds is 9. The van der Waals surface area contributed by atoms with Gasteiger partial charge < -0.3 is 15.0 Å². The van der Waals surface area contributed by atoms with Crippen LogP contribution in [0.5, 0.6) is 5.75 Å². The number of ether oxygens (including phenoxy) is 1. The normalized spacial score (nSPS) is 11.6. The quantitative estimate of drug-likeness (QED) is 0.751. The summed E-state index contributed by atoms with van der Waals surface area (Å²) in [5, 5.41) is 3.45. The maximum atomic E-state index is 5.83. The van der Waals surface area contributed by atoms with Crippen LogP contribution in [0.3, 0.4) is 0 Å². The van der Waals surface area contributed by atoms with E-state index in [0.29, 0.717) is 12.0 Å². The molecule has 0 atom stereocenters. The molecule has 0 heterocycles. The molecule has 3 nitrogen and oxygen atoms in total. The summed E-state index contributed by atoms with van der Waals surface area (Å²) in [6, 6.07) is 8.92. The maximum Gasteiger partial charge on any atom is 0.119 e. The van der Waals surface area contributed by atoms with Crippen LogP contribution in [0.25, 0.3) is 0 Å². The van der Waals surface area contributed by atoms with E-state index in [-0.39, 0.29) is 0 Å². The van der Waals surface area contributed by atoms with Crippen molar-refractivity contribution in [3.05, 3.63) is 29.8 Å². The highest BCUT2D eigenvalue weighted by molar-refractivity contribution is 5.28. The van der Waals surface area contributed by atoms with Gasteiger partial charge in [0, 0.05) is 19.1 Å². The Morgan fingerprint density at radius 3 is 2.60 bits per heavy atom. The zero-order valence-corrected chi connectivity index (χ0v) is 13.6. The lowest BCUT2D eigenvalue weighted by Crippen LogP contribution is -2.30. The molecule has 0 amide bonds.